The van der Waals surface area contributed by atoms with Crippen LogP contribution in [0.25, 0.3) is 0 Å². The molecule has 1 aliphatic carbocycles. The Labute approximate surface area is 314 Å². The molecule has 1 fully saturated rings. The van der Waals surface area contributed by atoms with Crippen LogP contribution < -0.4 is 0 Å². The van der Waals surface area contributed by atoms with Gasteiger partial charge in [0.2, 0.25) is 0 Å². The molecule has 1 saturated carbocycles. The van der Waals surface area contributed by atoms with Crippen molar-refractivity contribution in [2.75, 3.05) is 33.9 Å². The zero-order chi connectivity index (χ0) is 37.2. The first-order valence-corrected chi connectivity index (χ1v) is 21.3. The number of carbonyl (C=O) groups is 3. The molecular weight excluding hydrogens is 638 g/mol. The molecule has 1 rings (SSSR count). The lowest BCUT2D eigenvalue weighted by Crippen LogP contribution is -2.34. The van der Waals surface area contributed by atoms with Gasteiger partial charge in [-0.2, -0.15) is 0 Å². The third-order valence-corrected chi connectivity index (χ3v) is 9.89. The van der Waals surface area contributed by atoms with Crippen LogP contribution in [-0.2, 0) is 28.6 Å². The van der Waals surface area contributed by atoms with Gasteiger partial charge >= 0.3 is 17.9 Å². The molecule has 0 atom stereocenters. The van der Waals surface area contributed by atoms with E-state index in [4.69, 9.17) is 14.2 Å². The molecule has 0 bridgehead atoms. The highest BCUT2D eigenvalue weighted by Gasteiger charge is 2.31. The highest BCUT2D eigenvalue weighted by atomic mass is 16.5. The lowest BCUT2D eigenvalue weighted by molar-refractivity contribution is -0.152. The predicted octanol–water partition coefficient (Wildman–Crippen LogP) is 11.5. The molecule has 0 unspecified atom stereocenters. The third-order valence-electron chi connectivity index (χ3n) is 9.89. The van der Waals surface area contributed by atoms with Gasteiger partial charge in [0.05, 0.1) is 13.2 Å². The fraction of sp³-hybridized carbons (Fsp3) is 0.841. The fourth-order valence-electron chi connectivity index (χ4n) is 6.80. The minimum Gasteiger partial charge on any atom is -0.466 e. The van der Waals surface area contributed by atoms with Crippen molar-refractivity contribution in [3.63, 3.8) is 0 Å². The standard InChI is InChI=1S/C44H79NO6/c1-5-7-33-49-42(46)31-27-23-19-15-11-9-13-17-21-25-29-41(51-44(48)37-39-35-40(36-39)38-45(3)4)30-26-22-18-14-10-12-16-20-24-28-32-43(47)50-34-8-6-2/h19-20,23-24,39-41H,5-18,21-22,25-38H2,1-4H3/b23-19-,24-20-. The molecule has 0 N–H and O–H groups in total. The Hall–Kier alpha value is -2.15. The number of nitrogens with zero attached hydrogens (tertiary/aromatic N) is 1. The number of hydrogen-bond acceptors (Lipinski definition) is 7. The summed E-state index contributed by atoms with van der Waals surface area (Å²) in [7, 11) is 4.25. The van der Waals surface area contributed by atoms with E-state index in [1.165, 1.54) is 64.2 Å². The van der Waals surface area contributed by atoms with E-state index >= 15 is 0 Å². The van der Waals surface area contributed by atoms with Gasteiger partial charge in [0, 0.05) is 25.8 Å². The Morgan fingerprint density at radius 2 is 1.00 bits per heavy atom. The van der Waals surface area contributed by atoms with Gasteiger partial charge in [-0.05, 0) is 116 Å². The van der Waals surface area contributed by atoms with Gasteiger partial charge in [0.1, 0.15) is 6.10 Å². The molecule has 0 aromatic carbocycles. The van der Waals surface area contributed by atoms with Gasteiger partial charge in [0.15, 0.2) is 0 Å². The summed E-state index contributed by atoms with van der Waals surface area (Å²) in [6.07, 6.45) is 36.8. The van der Waals surface area contributed by atoms with E-state index < -0.39 is 0 Å². The van der Waals surface area contributed by atoms with Crippen LogP contribution in [0.4, 0.5) is 0 Å². The van der Waals surface area contributed by atoms with Crippen LogP contribution >= 0.6 is 0 Å². The molecular formula is C44H79NO6. The number of ether oxygens (including phenoxy) is 3. The van der Waals surface area contributed by atoms with E-state index in [2.05, 4.69) is 57.1 Å². The highest BCUT2D eigenvalue weighted by molar-refractivity contribution is 5.70. The topological polar surface area (TPSA) is 82.1 Å². The quantitative estimate of drug-likeness (QED) is 0.0279. The summed E-state index contributed by atoms with van der Waals surface area (Å²) in [5.74, 6) is 1.10. The van der Waals surface area contributed by atoms with Gasteiger partial charge in [-0.15, -0.1) is 0 Å². The lowest BCUT2D eigenvalue weighted by Gasteiger charge is -2.36. The van der Waals surface area contributed by atoms with Crippen LogP contribution in [-0.4, -0.2) is 62.8 Å². The molecule has 0 heterocycles. The van der Waals surface area contributed by atoms with Crippen LogP contribution in [0.5, 0.6) is 0 Å². The van der Waals surface area contributed by atoms with E-state index in [0.717, 1.165) is 102 Å². The monoisotopic (exact) mass is 718 g/mol. The number of hydrogen-bond donors (Lipinski definition) is 0. The maximum Gasteiger partial charge on any atom is 0.306 e. The van der Waals surface area contributed by atoms with Crippen molar-refractivity contribution >= 4 is 17.9 Å². The van der Waals surface area contributed by atoms with Gasteiger partial charge in [-0.1, -0.05) is 102 Å². The zero-order valence-corrected chi connectivity index (χ0v) is 33.7. The van der Waals surface area contributed by atoms with Crippen molar-refractivity contribution in [3.05, 3.63) is 24.3 Å². The number of carbonyl (C=O) groups excluding carboxylic acids is 3. The highest BCUT2D eigenvalue weighted by Crippen LogP contribution is 2.36. The minimum absolute atomic E-state index is 0.0242. The molecule has 0 saturated heterocycles. The van der Waals surface area contributed by atoms with Gasteiger partial charge in [-0.3, -0.25) is 14.4 Å². The van der Waals surface area contributed by atoms with E-state index in [1.807, 2.05) is 0 Å². The number of allylic oxidation sites excluding steroid dienone is 4. The first kappa shape index (κ1) is 46.9. The summed E-state index contributed by atoms with van der Waals surface area (Å²) in [5, 5.41) is 0. The average molecular weight is 718 g/mol. The van der Waals surface area contributed by atoms with Crippen molar-refractivity contribution in [2.24, 2.45) is 11.8 Å². The fourth-order valence-corrected chi connectivity index (χ4v) is 6.80. The lowest BCUT2D eigenvalue weighted by atomic mass is 9.73. The minimum atomic E-state index is -0.0834. The second-order valence-corrected chi connectivity index (χ2v) is 15.3. The van der Waals surface area contributed by atoms with Crippen LogP contribution in [0.3, 0.4) is 0 Å². The van der Waals surface area contributed by atoms with Crippen LogP contribution in [0.15, 0.2) is 24.3 Å². The molecule has 0 aromatic heterocycles. The maximum atomic E-state index is 12.9. The summed E-state index contributed by atoms with van der Waals surface area (Å²) in [5.41, 5.74) is 0. The van der Waals surface area contributed by atoms with Gasteiger partial charge in [-0.25, -0.2) is 0 Å². The maximum absolute atomic E-state index is 12.9. The molecule has 7 nitrogen and oxygen atoms in total. The van der Waals surface area contributed by atoms with Crippen molar-refractivity contribution in [2.45, 2.75) is 193 Å². The van der Waals surface area contributed by atoms with Crippen LogP contribution in [0.1, 0.15) is 187 Å². The summed E-state index contributed by atoms with van der Waals surface area (Å²) in [6, 6.07) is 0. The van der Waals surface area contributed by atoms with Gasteiger partial charge < -0.3 is 19.1 Å². The second-order valence-electron chi connectivity index (χ2n) is 15.3. The Bertz CT molecular complexity index is 857. The van der Waals surface area contributed by atoms with Crippen LogP contribution in [0.2, 0.25) is 0 Å². The van der Waals surface area contributed by atoms with Gasteiger partial charge in [0.25, 0.3) is 0 Å². The Kier molecular flexibility index (Phi) is 30.9. The molecule has 0 aliphatic heterocycles. The van der Waals surface area contributed by atoms with Crippen molar-refractivity contribution in [3.8, 4) is 0 Å². The average Bonchev–Trinajstić information content (AvgIpc) is 3.08. The summed E-state index contributed by atoms with van der Waals surface area (Å²) >= 11 is 0. The molecule has 296 valence electrons. The van der Waals surface area contributed by atoms with Crippen molar-refractivity contribution in [1.29, 1.82) is 0 Å². The van der Waals surface area contributed by atoms with Crippen LogP contribution in [0, 0.1) is 11.8 Å². The normalized spacial score (nSPS) is 16.0. The predicted molar refractivity (Wildman–Crippen MR) is 212 cm³/mol. The van der Waals surface area contributed by atoms with Crippen molar-refractivity contribution in [1.82, 2.24) is 4.90 Å². The van der Waals surface area contributed by atoms with E-state index in [9.17, 15) is 14.4 Å². The molecule has 0 aromatic rings. The van der Waals surface area contributed by atoms with E-state index in [1.54, 1.807) is 0 Å². The molecule has 51 heavy (non-hydrogen) atoms. The first-order valence-electron chi connectivity index (χ1n) is 21.3. The number of esters is 3. The number of unbranched alkanes of at least 4 members (excludes halogenated alkanes) is 14. The summed E-state index contributed by atoms with van der Waals surface area (Å²) in [6.45, 7) is 6.41. The molecule has 1 aliphatic rings. The Morgan fingerprint density at radius 1 is 0.569 bits per heavy atom. The molecule has 0 radical (unpaired) electrons. The Morgan fingerprint density at radius 3 is 1.45 bits per heavy atom. The Balaban J connectivity index is 2.20. The molecule has 0 amide bonds. The smallest absolute Gasteiger partial charge is 0.306 e. The van der Waals surface area contributed by atoms with E-state index in [-0.39, 0.29) is 24.0 Å². The number of rotatable bonds is 35. The summed E-state index contributed by atoms with van der Waals surface area (Å²) < 4.78 is 16.5. The zero-order valence-electron chi connectivity index (χ0n) is 33.7. The third kappa shape index (κ3) is 30.1. The van der Waals surface area contributed by atoms with Crippen molar-refractivity contribution < 1.29 is 28.6 Å². The SMILES string of the molecule is CCCCOC(=O)CC/C=C\CCCCCCCCC(CCCCCCCC/C=C\CCC(=O)OCCCC)OC(=O)CC1CC(CN(C)C)C1. The second kappa shape index (κ2) is 33.7. The summed E-state index contributed by atoms with van der Waals surface area (Å²) in [4.78, 5) is 38.4. The first-order chi connectivity index (χ1) is 24.8. The molecule has 7 heteroatoms. The molecule has 0 spiro atoms. The largest absolute Gasteiger partial charge is 0.466 e. The van der Waals surface area contributed by atoms with E-state index in [0.29, 0.717) is 38.4 Å².